The third-order valence-electron chi connectivity index (χ3n) is 5.85. The summed E-state index contributed by atoms with van der Waals surface area (Å²) in [5.74, 6) is -0.727. The van der Waals surface area contributed by atoms with Crippen LogP contribution in [0.3, 0.4) is 0 Å². The second-order valence-corrected chi connectivity index (χ2v) is 10.1. The van der Waals surface area contributed by atoms with Gasteiger partial charge in [0.1, 0.15) is 23.4 Å². The minimum atomic E-state index is -1.06. The van der Waals surface area contributed by atoms with Crippen molar-refractivity contribution in [2.75, 3.05) is 0 Å². The van der Waals surface area contributed by atoms with Gasteiger partial charge in [0.15, 0.2) is 0 Å². The molecule has 1 aliphatic carbocycles. The van der Waals surface area contributed by atoms with Crippen LogP contribution in [0.1, 0.15) is 58.2 Å². The Kier molecular flexibility index (Phi) is 8.04. The maximum absolute atomic E-state index is 13.7. The maximum atomic E-state index is 13.7. The fourth-order valence-corrected chi connectivity index (χ4v) is 3.96. The average molecular weight is 482 g/mol. The smallest absolute Gasteiger partial charge is 0.408 e. The van der Waals surface area contributed by atoms with E-state index >= 15 is 0 Å². The van der Waals surface area contributed by atoms with E-state index in [0.717, 1.165) is 12.0 Å². The first-order chi connectivity index (χ1) is 16.5. The molecule has 0 bridgehead atoms. The van der Waals surface area contributed by atoms with Crippen LogP contribution in [0, 0.1) is 5.92 Å². The summed E-state index contributed by atoms with van der Waals surface area (Å²) in [5.41, 5.74) is 0.525. The highest BCUT2D eigenvalue weighted by atomic mass is 16.6. The van der Waals surface area contributed by atoms with Crippen LogP contribution in [0.4, 0.5) is 4.79 Å². The second-order valence-electron chi connectivity index (χ2n) is 10.1. The van der Waals surface area contributed by atoms with E-state index in [2.05, 4.69) is 10.6 Å². The molecule has 3 rings (SSSR count). The molecule has 0 saturated heterocycles. The molecule has 2 aromatic carbocycles. The van der Waals surface area contributed by atoms with Crippen LogP contribution in [-0.2, 0) is 20.9 Å². The highest BCUT2D eigenvalue weighted by molar-refractivity contribution is 5.92. The molecule has 1 fully saturated rings. The van der Waals surface area contributed by atoms with Crippen molar-refractivity contribution in [3.8, 4) is 5.75 Å². The molecule has 0 spiro atoms. The molecule has 8 nitrogen and oxygen atoms in total. The van der Waals surface area contributed by atoms with Gasteiger partial charge in [-0.25, -0.2) is 4.79 Å². The number of carbonyl (C=O) groups is 3. The van der Waals surface area contributed by atoms with Crippen LogP contribution >= 0.6 is 0 Å². The average Bonchev–Trinajstić information content (AvgIpc) is 3.51. The maximum Gasteiger partial charge on any atom is 0.408 e. The van der Waals surface area contributed by atoms with Gasteiger partial charge in [0.05, 0.1) is 0 Å². The number of benzene rings is 2. The summed E-state index contributed by atoms with van der Waals surface area (Å²) < 4.78 is 5.29. The van der Waals surface area contributed by atoms with Crippen LogP contribution in [-0.4, -0.2) is 45.6 Å². The minimum absolute atomic E-state index is 0.0776. The number of phenols is 1. The third kappa shape index (κ3) is 6.97. The van der Waals surface area contributed by atoms with Crippen LogP contribution in [0.5, 0.6) is 5.75 Å². The summed E-state index contributed by atoms with van der Waals surface area (Å²) in [6, 6.07) is 13.8. The Labute approximate surface area is 206 Å². The van der Waals surface area contributed by atoms with E-state index in [1.807, 2.05) is 37.3 Å². The molecule has 0 aliphatic heterocycles. The van der Waals surface area contributed by atoms with Crippen molar-refractivity contribution < 1.29 is 24.2 Å². The normalized spacial score (nSPS) is 18.7. The molecule has 1 saturated carbocycles. The number of para-hydroxylation sites is 1. The van der Waals surface area contributed by atoms with Crippen molar-refractivity contribution in [3.05, 3.63) is 65.7 Å². The lowest BCUT2D eigenvalue weighted by Crippen LogP contribution is -2.53. The van der Waals surface area contributed by atoms with E-state index in [4.69, 9.17) is 4.74 Å². The Bertz CT molecular complexity index is 1050. The molecule has 0 heterocycles. The number of alkyl carbamates (subject to hydrolysis) is 1. The fraction of sp³-hybridized carbons (Fsp3) is 0.444. The van der Waals surface area contributed by atoms with Gasteiger partial charge in [-0.2, -0.15) is 0 Å². The second kappa shape index (κ2) is 10.8. The van der Waals surface area contributed by atoms with Crippen molar-refractivity contribution in [3.63, 3.8) is 0 Å². The molecule has 3 N–H and O–H groups in total. The van der Waals surface area contributed by atoms with Crippen LogP contribution in [0.2, 0.25) is 0 Å². The van der Waals surface area contributed by atoms with Gasteiger partial charge in [-0.15, -0.1) is 0 Å². The molecule has 4 unspecified atom stereocenters. The van der Waals surface area contributed by atoms with Crippen LogP contribution < -0.4 is 10.6 Å². The zero-order chi connectivity index (χ0) is 25.8. The largest absolute Gasteiger partial charge is 0.508 e. The molecule has 1 aliphatic rings. The van der Waals surface area contributed by atoms with E-state index in [1.54, 1.807) is 45.9 Å². The summed E-state index contributed by atoms with van der Waals surface area (Å²) in [5, 5.41) is 16.1. The predicted molar refractivity (Wildman–Crippen MR) is 132 cm³/mol. The number of hydrogen-bond donors (Lipinski definition) is 3. The standard InChI is InChI=1S/C27H35N3O5/c1-17-15-21(17)30(25(33)18(2)29-26(34)35-27(3,4)5)23(20-13-9-10-14-22(20)31)24(32)28-16-19-11-7-6-8-12-19/h6-14,17-18,21,23,31H,15-16H2,1-5H3,(H,28,32)(H,29,34). The Balaban J connectivity index is 1.89. The zero-order valence-electron chi connectivity index (χ0n) is 20.9. The van der Waals surface area contributed by atoms with E-state index in [0.29, 0.717) is 5.56 Å². The van der Waals surface area contributed by atoms with Crippen LogP contribution in [0.15, 0.2) is 54.6 Å². The summed E-state index contributed by atoms with van der Waals surface area (Å²) >= 11 is 0. The molecule has 3 amide bonds. The zero-order valence-corrected chi connectivity index (χ0v) is 20.9. The van der Waals surface area contributed by atoms with Crippen molar-refractivity contribution in [2.45, 2.75) is 71.3 Å². The first kappa shape index (κ1) is 26.1. The predicted octanol–water partition coefficient (Wildman–Crippen LogP) is 3.90. The van der Waals surface area contributed by atoms with Crippen molar-refractivity contribution in [1.82, 2.24) is 15.5 Å². The summed E-state index contributed by atoms with van der Waals surface area (Å²) in [7, 11) is 0. The fourth-order valence-electron chi connectivity index (χ4n) is 3.96. The molecule has 188 valence electrons. The highest BCUT2D eigenvalue weighted by Crippen LogP contribution is 2.42. The monoisotopic (exact) mass is 481 g/mol. The quantitative estimate of drug-likeness (QED) is 0.530. The van der Waals surface area contributed by atoms with Gasteiger partial charge < -0.3 is 25.4 Å². The SMILES string of the molecule is CC(NC(=O)OC(C)(C)C)C(=O)N(C(C(=O)NCc1ccccc1)c1ccccc1O)C1CC1C. The lowest BCUT2D eigenvalue weighted by Gasteiger charge is -2.34. The van der Waals surface area contributed by atoms with Crippen molar-refractivity contribution in [1.29, 1.82) is 0 Å². The lowest BCUT2D eigenvalue weighted by atomic mass is 10.0. The first-order valence-corrected chi connectivity index (χ1v) is 11.9. The number of rotatable bonds is 8. The number of amides is 3. The number of hydrogen-bond acceptors (Lipinski definition) is 5. The molecule has 4 atom stereocenters. The molecule has 8 heteroatoms. The Morgan fingerprint density at radius 3 is 2.26 bits per heavy atom. The van der Waals surface area contributed by atoms with Gasteiger partial charge in [0.2, 0.25) is 11.8 Å². The molecule has 0 radical (unpaired) electrons. The van der Waals surface area contributed by atoms with Gasteiger partial charge in [-0.1, -0.05) is 55.5 Å². The van der Waals surface area contributed by atoms with E-state index in [1.165, 1.54) is 11.0 Å². The number of nitrogens with one attached hydrogen (secondary N) is 2. The Morgan fingerprint density at radius 2 is 1.69 bits per heavy atom. The molecule has 35 heavy (non-hydrogen) atoms. The molecular weight excluding hydrogens is 446 g/mol. The summed E-state index contributed by atoms with van der Waals surface area (Å²) in [4.78, 5) is 41.0. The first-order valence-electron chi connectivity index (χ1n) is 11.9. The topological polar surface area (TPSA) is 108 Å². The summed E-state index contributed by atoms with van der Waals surface area (Å²) in [6.45, 7) is 9.06. The third-order valence-corrected chi connectivity index (χ3v) is 5.85. The number of nitrogens with zero attached hydrogens (tertiary/aromatic N) is 1. The molecule has 2 aromatic rings. The van der Waals surface area contributed by atoms with E-state index in [-0.39, 0.29) is 24.3 Å². The van der Waals surface area contributed by atoms with Crippen LogP contribution in [0.25, 0.3) is 0 Å². The summed E-state index contributed by atoms with van der Waals surface area (Å²) in [6.07, 6.45) is 0.0100. The van der Waals surface area contributed by atoms with Gasteiger partial charge in [0.25, 0.3) is 0 Å². The van der Waals surface area contributed by atoms with Crippen molar-refractivity contribution >= 4 is 17.9 Å². The van der Waals surface area contributed by atoms with Gasteiger partial charge >= 0.3 is 6.09 Å². The van der Waals surface area contributed by atoms with Gasteiger partial charge in [-0.3, -0.25) is 9.59 Å². The number of carbonyl (C=O) groups excluding carboxylic acids is 3. The van der Waals surface area contributed by atoms with E-state index < -0.39 is 35.6 Å². The number of aromatic hydroxyl groups is 1. The van der Waals surface area contributed by atoms with Crippen molar-refractivity contribution in [2.24, 2.45) is 5.92 Å². The Hall–Kier alpha value is -3.55. The van der Waals surface area contributed by atoms with Gasteiger partial charge in [0, 0.05) is 18.2 Å². The minimum Gasteiger partial charge on any atom is -0.508 e. The molecular formula is C27H35N3O5. The number of phenolic OH excluding ortho intramolecular Hbond substituents is 1. The lowest BCUT2D eigenvalue weighted by molar-refractivity contribution is -0.143. The Morgan fingerprint density at radius 1 is 1.09 bits per heavy atom. The van der Waals surface area contributed by atoms with E-state index in [9.17, 15) is 19.5 Å². The number of ether oxygens (including phenoxy) is 1. The highest BCUT2D eigenvalue weighted by Gasteiger charge is 2.48. The van der Waals surface area contributed by atoms with Gasteiger partial charge in [-0.05, 0) is 51.7 Å². The molecule has 0 aromatic heterocycles.